The topological polar surface area (TPSA) is 45.5 Å². The molecule has 0 aromatic carbocycles. The number of amides is 1. The molecule has 1 aromatic heterocycles. The Morgan fingerprint density at radius 3 is 2.38 bits per heavy atom. The first kappa shape index (κ1) is 15.0. The average Bonchev–Trinajstić information content (AvgIpc) is 3.22. The van der Waals surface area contributed by atoms with Gasteiger partial charge in [0.2, 0.25) is 0 Å². The molecular formula is C20H28N2O2. The van der Waals surface area contributed by atoms with Gasteiger partial charge in [0.05, 0.1) is 6.54 Å². The highest BCUT2D eigenvalue weighted by Crippen LogP contribution is 2.53. The minimum atomic E-state index is 0.000135. The quantitative estimate of drug-likeness (QED) is 0.921. The number of hydrogen-bond acceptors (Lipinski definition) is 3. The maximum absolute atomic E-state index is 12.7. The molecule has 0 spiro atoms. The predicted octanol–water partition coefficient (Wildman–Crippen LogP) is 3.43. The summed E-state index contributed by atoms with van der Waals surface area (Å²) in [6.07, 6.45) is 9.33. The summed E-state index contributed by atoms with van der Waals surface area (Å²) < 4.78 is 5.85. The van der Waals surface area contributed by atoms with E-state index >= 15 is 0 Å². The molecule has 4 aliphatic carbocycles. The van der Waals surface area contributed by atoms with Gasteiger partial charge in [-0.05, 0) is 93.8 Å². The zero-order chi connectivity index (χ0) is 16.1. The van der Waals surface area contributed by atoms with Crippen molar-refractivity contribution in [3.05, 3.63) is 23.7 Å². The largest absolute Gasteiger partial charge is 0.455 e. The molecule has 4 saturated carbocycles. The Hall–Kier alpha value is -1.29. The van der Waals surface area contributed by atoms with E-state index in [-0.39, 0.29) is 5.91 Å². The van der Waals surface area contributed by atoms with Crippen molar-refractivity contribution in [3.63, 3.8) is 0 Å². The molecule has 1 amide bonds. The number of carbonyl (C=O) groups is 1. The Labute approximate surface area is 144 Å². The number of hydrogen-bond donors (Lipinski definition) is 1. The predicted molar refractivity (Wildman–Crippen MR) is 91.5 cm³/mol. The molecule has 130 valence electrons. The van der Waals surface area contributed by atoms with Crippen LogP contribution in [-0.4, -0.2) is 29.9 Å². The summed E-state index contributed by atoms with van der Waals surface area (Å²) in [6.45, 7) is 3.14. The molecule has 24 heavy (non-hydrogen) atoms. The summed E-state index contributed by atoms with van der Waals surface area (Å²) in [5.74, 6) is 4.73. The Kier molecular flexibility index (Phi) is 3.69. The average molecular weight is 328 g/mol. The van der Waals surface area contributed by atoms with Crippen molar-refractivity contribution in [2.24, 2.45) is 23.7 Å². The van der Waals surface area contributed by atoms with Gasteiger partial charge in [-0.1, -0.05) is 0 Å². The summed E-state index contributed by atoms with van der Waals surface area (Å²) in [7, 11) is 0. The molecule has 5 fully saturated rings. The smallest absolute Gasteiger partial charge is 0.287 e. The van der Waals surface area contributed by atoms with Crippen molar-refractivity contribution in [1.82, 2.24) is 10.2 Å². The molecule has 1 saturated heterocycles. The van der Waals surface area contributed by atoms with Crippen molar-refractivity contribution in [2.45, 2.75) is 57.5 Å². The van der Waals surface area contributed by atoms with Crippen LogP contribution in [0.5, 0.6) is 0 Å². The number of likely N-dealkylation sites (tertiary alicyclic amines) is 1. The van der Waals surface area contributed by atoms with E-state index in [1.807, 2.05) is 12.1 Å². The molecule has 6 rings (SSSR count). The lowest BCUT2D eigenvalue weighted by Gasteiger charge is -2.54. The molecule has 1 aliphatic heterocycles. The number of nitrogens with zero attached hydrogens (tertiary/aromatic N) is 1. The molecule has 4 heteroatoms. The second-order valence-electron chi connectivity index (χ2n) is 8.68. The molecule has 0 radical (unpaired) electrons. The van der Waals surface area contributed by atoms with Crippen LogP contribution in [0.15, 0.2) is 16.5 Å². The summed E-state index contributed by atoms with van der Waals surface area (Å²) in [5, 5.41) is 3.34. The highest BCUT2D eigenvalue weighted by Gasteiger charge is 2.48. The van der Waals surface area contributed by atoms with Gasteiger partial charge in [-0.2, -0.15) is 0 Å². The van der Waals surface area contributed by atoms with Crippen LogP contribution in [0.25, 0.3) is 0 Å². The number of rotatable bonds is 4. The summed E-state index contributed by atoms with van der Waals surface area (Å²) in [5.41, 5.74) is 0. The molecule has 2 heterocycles. The molecular weight excluding hydrogens is 300 g/mol. The fourth-order valence-electron chi connectivity index (χ4n) is 6.13. The second-order valence-corrected chi connectivity index (χ2v) is 8.68. The van der Waals surface area contributed by atoms with Gasteiger partial charge in [0.1, 0.15) is 5.76 Å². The van der Waals surface area contributed by atoms with Crippen LogP contribution >= 0.6 is 0 Å². The van der Waals surface area contributed by atoms with E-state index in [4.69, 9.17) is 4.42 Å². The van der Waals surface area contributed by atoms with E-state index in [0.29, 0.717) is 23.6 Å². The van der Waals surface area contributed by atoms with Crippen molar-refractivity contribution in [1.29, 1.82) is 0 Å². The number of furan rings is 1. The normalized spacial score (nSPS) is 37.9. The Morgan fingerprint density at radius 1 is 1.04 bits per heavy atom. The van der Waals surface area contributed by atoms with Crippen LogP contribution in [0.2, 0.25) is 0 Å². The van der Waals surface area contributed by atoms with Gasteiger partial charge < -0.3 is 9.73 Å². The maximum Gasteiger partial charge on any atom is 0.287 e. The fourth-order valence-corrected chi connectivity index (χ4v) is 6.13. The maximum atomic E-state index is 12.7. The summed E-state index contributed by atoms with van der Waals surface area (Å²) >= 11 is 0. The second kappa shape index (κ2) is 5.91. The molecule has 1 N–H and O–H groups in total. The van der Waals surface area contributed by atoms with E-state index in [9.17, 15) is 4.79 Å². The molecule has 4 bridgehead atoms. The van der Waals surface area contributed by atoms with E-state index < -0.39 is 0 Å². The number of carbonyl (C=O) groups excluding carboxylic acids is 1. The Bertz CT molecular complexity index is 589. The van der Waals surface area contributed by atoms with Gasteiger partial charge in [-0.3, -0.25) is 9.69 Å². The highest BCUT2D eigenvalue weighted by atomic mass is 16.4. The van der Waals surface area contributed by atoms with Crippen molar-refractivity contribution in [2.75, 3.05) is 13.1 Å². The van der Waals surface area contributed by atoms with Crippen LogP contribution in [0.3, 0.4) is 0 Å². The lowest BCUT2D eigenvalue weighted by molar-refractivity contribution is -0.0123. The minimum Gasteiger partial charge on any atom is -0.455 e. The first-order valence-electron chi connectivity index (χ1n) is 9.86. The van der Waals surface area contributed by atoms with E-state index in [1.165, 1.54) is 44.9 Å². The van der Waals surface area contributed by atoms with Crippen molar-refractivity contribution < 1.29 is 9.21 Å². The van der Waals surface area contributed by atoms with Gasteiger partial charge in [0.25, 0.3) is 5.91 Å². The third-order valence-electron chi connectivity index (χ3n) is 6.99. The molecule has 0 unspecified atom stereocenters. The zero-order valence-corrected chi connectivity index (χ0v) is 14.4. The van der Waals surface area contributed by atoms with Gasteiger partial charge in [-0.15, -0.1) is 0 Å². The zero-order valence-electron chi connectivity index (χ0n) is 14.4. The van der Waals surface area contributed by atoms with Crippen molar-refractivity contribution in [3.8, 4) is 0 Å². The third kappa shape index (κ3) is 2.69. The fraction of sp³-hybridized carbons (Fsp3) is 0.750. The number of nitrogens with one attached hydrogen (secondary N) is 1. The van der Waals surface area contributed by atoms with Gasteiger partial charge in [0.15, 0.2) is 5.76 Å². The van der Waals surface area contributed by atoms with Crippen LogP contribution in [0.4, 0.5) is 0 Å². The Morgan fingerprint density at radius 2 is 1.71 bits per heavy atom. The van der Waals surface area contributed by atoms with Gasteiger partial charge in [-0.25, -0.2) is 0 Å². The van der Waals surface area contributed by atoms with Crippen molar-refractivity contribution >= 4 is 5.91 Å². The summed E-state index contributed by atoms with van der Waals surface area (Å²) in [6, 6.07) is 4.22. The lowest BCUT2D eigenvalue weighted by atomic mass is 9.54. The van der Waals surface area contributed by atoms with E-state index in [0.717, 1.165) is 37.2 Å². The van der Waals surface area contributed by atoms with Gasteiger partial charge in [0, 0.05) is 6.04 Å². The Balaban J connectivity index is 1.23. The molecule has 0 atom stereocenters. The van der Waals surface area contributed by atoms with E-state index in [2.05, 4.69) is 10.2 Å². The van der Waals surface area contributed by atoms with E-state index in [1.54, 1.807) is 0 Å². The third-order valence-corrected chi connectivity index (χ3v) is 6.99. The first-order valence-corrected chi connectivity index (χ1v) is 9.86. The first-order chi connectivity index (χ1) is 11.7. The lowest BCUT2D eigenvalue weighted by Crippen LogP contribution is -2.55. The molecule has 1 aromatic rings. The summed E-state index contributed by atoms with van der Waals surface area (Å²) in [4.78, 5) is 15.1. The molecule has 5 aliphatic rings. The van der Waals surface area contributed by atoms with Gasteiger partial charge >= 0.3 is 0 Å². The SMILES string of the molecule is O=C(NC1C2CC3CC(C2)CC1C3)c1ccc(CN2CCCC2)o1. The van der Waals surface area contributed by atoms with Crippen LogP contribution in [0.1, 0.15) is 61.3 Å². The van der Waals surface area contributed by atoms with Crippen LogP contribution in [-0.2, 0) is 6.54 Å². The monoisotopic (exact) mass is 328 g/mol. The van der Waals surface area contributed by atoms with Crippen LogP contribution in [0, 0.1) is 23.7 Å². The standard InChI is InChI=1S/C20H28N2O2/c23-20(18-4-3-17(24-18)12-22-5-1-2-6-22)21-19-15-8-13-7-14(10-15)11-16(19)9-13/h3-4,13-16,19H,1-2,5-12H2,(H,21,23). The molecule has 4 nitrogen and oxygen atoms in total. The highest BCUT2D eigenvalue weighted by molar-refractivity contribution is 5.91. The van der Waals surface area contributed by atoms with Crippen LogP contribution < -0.4 is 5.32 Å². The minimum absolute atomic E-state index is 0.000135.